The lowest BCUT2D eigenvalue weighted by Gasteiger charge is -2.19. The van der Waals surface area contributed by atoms with E-state index >= 15 is 0 Å². The van der Waals surface area contributed by atoms with Crippen LogP contribution in [0.4, 0.5) is 22.1 Å². The first-order valence-corrected chi connectivity index (χ1v) is 6.96. The van der Waals surface area contributed by atoms with Gasteiger partial charge in [-0.05, 0) is 18.0 Å². The van der Waals surface area contributed by atoms with E-state index in [0.29, 0.717) is 0 Å². The zero-order chi connectivity index (χ0) is 15.8. The molecular weight excluding hydrogens is 299 g/mol. The molecule has 1 saturated heterocycles. The molecule has 0 aliphatic carbocycles. The summed E-state index contributed by atoms with van der Waals surface area (Å²) in [5.41, 5.74) is 0. The Morgan fingerprint density at radius 1 is 1.10 bits per heavy atom. The number of hydrogen-bond acceptors (Lipinski definition) is 3. The average molecular weight is 316 g/mol. The first-order valence-electron chi connectivity index (χ1n) is 5.74. The van der Waals surface area contributed by atoms with Gasteiger partial charge in [0, 0.05) is 14.1 Å². The van der Waals surface area contributed by atoms with Gasteiger partial charge in [0.25, 0.3) is 0 Å². The number of urea groups is 1. The minimum Gasteiger partial charge on any atom is -0.418 e. The smallest absolute Gasteiger partial charge is 0.418 e. The van der Waals surface area contributed by atoms with Crippen LogP contribution in [0.5, 0.6) is 0 Å². The van der Waals surface area contributed by atoms with Gasteiger partial charge in [0.1, 0.15) is 0 Å². The molecule has 1 fully saturated rings. The molecule has 116 valence electrons. The van der Waals surface area contributed by atoms with E-state index in [2.05, 4.69) is 15.7 Å². The van der Waals surface area contributed by atoms with Crippen LogP contribution < -0.4 is 0 Å². The van der Waals surface area contributed by atoms with Crippen LogP contribution in [0, 0.1) is 0 Å². The lowest BCUT2D eigenvalue weighted by Crippen LogP contribution is -2.44. The Labute approximate surface area is 119 Å². The van der Waals surface area contributed by atoms with E-state index in [-0.39, 0.29) is 18.4 Å². The number of likely N-dealkylation sites (N-methyl/N-ethyl adjacent to an activating group) is 4. The fourth-order valence-corrected chi connectivity index (χ4v) is 3.35. The molecule has 2 heterocycles. The third-order valence-corrected chi connectivity index (χ3v) is 4.18. The van der Waals surface area contributed by atoms with Gasteiger partial charge in [0.2, 0.25) is 12.3 Å². The highest BCUT2D eigenvalue weighted by atomic mass is 32.2. The Bertz CT molecular complexity index is 427. The SMILES string of the molecule is CSC1=[N+](C)C2C(N(C)C(=O)N2C)N1C.F[B-](F)(F)F. The third kappa shape index (κ3) is 3.13. The van der Waals surface area contributed by atoms with E-state index in [9.17, 15) is 22.1 Å². The van der Waals surface area contributed by atoms with Crippen LogP contribution in [-0.4, -0.2) is 84.5 Å². The minimum atomic E-state index is -6.00. The quantitative estimate of drug-likeness (QED) is 0.383. The van der Waals surface area contributed by atoms with Crippen molar-refractivity contribution in [2.75, 3.05) is 34.4 Å². The largest absolute Gasteiger partial charge is 0.673 e. The number of rotatable bonds is 0. The Morgan fingerprint density at radius 3 is 1.90 bits per heavy atom. The summed E-state index contributed by atoms with van der Waals surface area (Å²) in [5, 5.41) is 1.20. The normalized spacial score (nSPS) is 26.1. The molecule has 2 atom stereocenters. The van der Waals surface area contributed by atoms with Crippen molar-refractivity contribution in [1.82, 2.24) is 14.7 Å². The predicted molar refractivity (Wildman–Crippen MR) is 71.2 cm³/mol. The molecule has 2 aliphatic rings. The molecule has 0 aromatic heterocycles. The fraction of sp³-hybridized carbons (Fsp3) is 0.778. The average Bonchev–Trinajstić information content (AvgIpc) is 2.67. The molecule has 2 unspecified atom stereocenters. The van der Waals surface area contributed by atoms with Crippen molar-refractivity contribution in [3.05, 3.63) is 0 Å². The number of amidine groups is 1. The Hall–Kier alpha value is -1.13. The zero-order valence-corrected chi connectivity index (χ0v) is 12.7. The van der Waals surface area contributed by atoms with Gasteiger partial charge in [-0.2, -0.15) is 0 Å². The Morgan fingerprint density at radius 2 is 1.55 bits per heavy atom. The van der Waals surface area contributed by atoms with Crippen LogP contribution in [0.1, 0.15) is 0 Å². The Kier molecular flexibility index (Phi) is 4.83. The molecule has 2 aliphatic heterocycles. The lowest BCUT2D eigenvalue weighted by atomic mass is 10.3. The third-order valence-electron chi connectivity index (χ3n) is 3.24. The molecule has 20 heavy (non-hydrogen) atoms. The van der Waals surface area contributed by atoms with Crippen LogP contribution in [0.2, 0.25) is 0 Å². The van der Waals surface area contributed by atoms with Gasteiger partial charge in [-0.15, -0.1) is 0 Å². The highest BCUT2D eigenvalue weighted by Gasteiger charge is 2.56. The van der Waals surface area contributed by atoms with Gasteiger partial charge in [0.05, 0.1) is 14.1 Å². The van der Waals surface area contributed by atoms with Gasteiger partial charge >= 0.3 is 18.5 Å². The Balaban J connectivity index is 0.000000347. The van der Waals surface area contributed by atoms with Crippen molar-refractivity contribution in [1.29, 1.82) is 0 Å². The number of nitrogens with zero attached hydrogens (tertiary/aromatic N) is 4. The summed E-state index contributed by atoms with van der Waals surface area (Å²) in [4.78, 5) is 17.5. The van der Waals surface area contributed by atoms with Crippen LogP contribution in [0.3, 0.4) is 0 Å². The molecule has 0 bridgehead atoms. The molecule has 5 nitrogen and oxygen atoms in total. The zero-order valence-electron chi connectivity index (χ0n) is 11.8. The molecule has 11 heteroatoms. The molecule has 0 N–H and O–H groups in total. The van der Waals surface area contributed by atoms with Crippen LogP contribution in [0.25, 0.3) is 0 Å². The second-order valence-electron chi connectivity index (χ2n) is 4.53. The monoisotopic (exact) mass is 316 g/mol. The van der Waals surface area contributed by atoms with E-state index < -0.39 is 7.25 Å². The molecule has 2 rings (SSSR count). The first-order chi connectivity index (χ1) is 9.00. The summed E-state index contributed by atoms with van der Waals surface area (Å²) in [6, 6.07) is 0.0869. The van der Waals surface area contributed by atoms with Gasteiger partial charge in [-0.3, -0.25) is 9.80 Å². The molecular formula is C9H17BF4N4OS. The van der Waals surface area contributed by atoms with Crippen molar-refractivity contribution >= 4 is 30.2 Å². The van der Waals surface area contributed by atoms with Crippen LogP contribution in [0.15, 0.2) is 0 Å². The molecule has 0 radical (unpaired) electrons. The number of fused-ring (bicyclic) bond motifs is 1. The van der Waals surface area contributed by atoms with E-state index in [4.69, 9.17) is 0 Å². The second kappa shape index (κ2) is 5.70. The summed E-state index contributed by atoms with van der Waals surface area (Å²) in [7, 11) is 1.79. The van der Waals surface area contributed by atoms with Crippen molar-refractivity contribution in [2.24, 2.45) is 0 Å². The molecule has 2 amide bonds. The maximum Gasteiger partial charge on any atom is 0.673 e. The van der Waals surface area contributed by atoms with Gasteiger partial charge in [-0.25, -0.2) is 14.3 Å². The van der Waals surface area contributed by atoms with Crippen molar-refractivity contribution in [3.63, 3.8) is 0 Å². The predicted octanol–water partition coefficient (Wildman–Crippen LogP) is 1.24. The molecule has 0 spiro atoms. The molecule has 0 saturated carbocycles. The van der Waals surface area contributed by atoms with E-state index in [1.165, 1.54) is 5.17 Å². The van der Waals surface area contributed by atoms with Crippen LogP contribution >= 0.6 is 11.8 Å². The summed E-state index contributed by atoms with van der Waals surface area (Å²) in [5.74, 6) is 0. The number of halogens is 4. The highest BCUT2D eigenvalue weighted by Crippen LogP contribution is 2.29. The summed E-state index contributed by atoms with van der Waals surface area (Å²) < 4.78 is 41.2. The number of carbonyl (C=O) groups excluding carboxylic acids is 1. The van der Waals surface area contributed by atoms with Crippen molar-refractivity contribution < 1.29 is 26.6 Å². The van der Waals surface area contributed by atoms with Crippen molar-refractivity contribution in [2.45, 2.75) is 12.3 Å². The number of hydrogen-bond donors (Lipinski definition) is 0. The standard InChI is InChI=1S/C9H17N4OS.BF4/c1-10-6-7(11(2)8(10)14)13(4)9(15-5)12(6)3;2-1(3,4)5/h6-7H,1-5H3;/q+1;-1. The summed E-state index contributed by atoms with van der Waals surface area (Å²) >= 11 is 1.71. The van der Waals surface area contributed by atoms with E-state index in [1.807, 2.05) is 28.2 Å². The van der Waals surface area contributed by atoms with Crippen LogP contribution in [-0.2, 0) is 0 Å². The summed E-state index contributed by atoms with van der Waals surface area (Å²) in [6.07, 6.45) is 2.33. The van der Waals surface area contributed by atoms with E-state index in [1.54, 1.807) is 21.6 Å². The maximum atomic E-state index is 11.8. The molecule has 0 aromatic carbocycles. The fourth-order valence-electron chi connectivity index (χ4n) is 2.56. The summed E-state index contributed by atoms with van der Waals surface area (Å²) in [6.45, 7) is 0. The first kappa shape index (κ1) is 16.9. The molecule has 0 aromatic rings. The maximum absolute atomic E-state index is 11.8. The van der Waals surface area contributed by atoms with Crippen molar-refractivity contribution in [3.8, 4) is 0 Å². The number of amides is 2. The topological polar surface area (TPSA) is 29.8 Å². The van der Waals surface area contributed by atoms with Gasteiger partial charge in [-0.1, -0.05) is 0 Å². The number of thioether (sulfide) groups is 1. The van der Waals surface area contributed by atoms with Gasteiger partial charge < -0.3 is 17.3 Å². The second-order valence-corrected chi connectivity index (χ2v) is 5.31. The number of carbonyl (C=O) groups is 1. The highest BCUT2D eigenvalue weighted by molar-refractivity contribution is 8.12. The van der Waals surface area contributed by atoms with Gasteiger partial charge in [0.15, 0.2) is 0 Å². The minimum absolute atomic E-state index is 0.0869. The van der Waals surface area contributed by atoms with E-state index in [0.717, 1.165) is 0 Å². The lowest BCUT2D eigenvalue weighted by molar-refractivity contribution is -0.548.